The molecule has 1 aromatic carbocycles. The van der Waals surface area contributed by atoms with E-state index in [9.17, 15) is 4.79 Å². The van der Waals surface area contributed by atoms with E-state index in [4.69, 9.17) is 14.9 Å². The topological polar surface area (TPSA) is 78.3 Å². The third kappa shape index (κ3) is 2.28. The number of rotatable bonds is 3. The molecule has 0 amide bonds. The first-order valence-electron chi connectivity index (χ1n) is 6.18. The summed E-state index contributed by atoms with van der Waals surface area (Å²) in [7, 11) is 0. The fourth-order valence-electron chi connectivity index (χ4n) is 2.04. The summed E-state index contributed by atoms with van der Waals surface area (Å²) in [5.41, 5.74) is 7.09. The van der Waals surface area contributed by atoms with E-state index < -0.39 is 5.63 Å². The van der Waals surface area contributed by atoms with Crippen LogP contribution in [0.1, 0.15) is 24.8 Å². The lowest BCUT2D eigenvalue weighted by molar-refractivity contribution is 0.0785. The van der Waals surface area contributed by atoms with E-state index in [1.807, 2.05) is 0 Å². The number of ether oxygens (including phenoxy) is 1. The third-order valence-electron chi connectivity index (χ3n) is 3.31. The Balaban J connectivity index is 2.09. The SMILES string of the molecule is Nc1cc(CS)cc2nc(OC3CCC3)oc(=O)c12. The number of thiol groups is 1. The van der Waals surface area contributed by atoms with Gasteiger partial charge in [0.15, 0.2) is 0 Å². The summed E-state index contributed by atoms with van der Waals surface area (Å²) >= 11 is 4.20. The molecular formula is C13H14N2O3S. The van der Waals surface area contributed by atoms with Crippen molar-refractivity contribution >= 4 is 29.2 Å². The molecule has 1 aliphatic carbocycles. The Morgan fingerprint density at radius 2 is 2.26 bits per heavy atom. The molecule has 1 fully saturated rings. The maximum atomic E-state index is 11.9. The van der Waals surface area contributed by atoms with Gasteiger partial charge in [-0.15, -0.1) is 0 Å². The Morgan fingerprint density at radius 3 is 2.89 bits per heavy atom. The van der Waals surface area contributed by atoms with Gasteiger partial charge in [-0.05, 0) is 37.0 Å². The summed E-state index contributed by atoms with van der Waals surface area (Å²) in [4.78, 5) is 16.1. The number of fused-ring (bicyclic) bond motifs is 1. The number of anilines is 1. The largest absolute Gasteiger partial charge is 0.447 e. The Kier molecular flexibility index (Phi) is 3.10. The molecule has 1 saturated carbocycles. The Bertz CT molecular complexity index is 679. The fourth-order valence-corrected chi connectivity index (χ4v) is 2.23. The van der Waals surface area contributed by atoms with Crippen molar-refractivity contribution in [1.82, 2.24) is 4.98 Å². The Hall–Kier alpha value is -1.69. The Labute approximate surface area is 115 Å². The lowest BCUT2D eigenvalue weighted by Crippen LogP contribution is -2.25. The number of aromatic nitrogens is 1. The molecule has 2 N–H and O–H groups in total. The van der Waals surface area contributed by atoms with E-state index in [1.165, 1.54) is 0 Å². The highest BCUT2D eigenvalue weighted by Gasteiger charge is 2.21. The molecule has 5 nitrogen and oxygen atoms in total. The molecule has 1 aromatic heterocycles. The van der Waals surface area contributed by atoms with Gasteiger partial charge in [0.1, 0.15) is 11.5 Å². The minimum absolute atomic E-state index is 0.0258. The molecule has 0 bridgehead atoms. The smallest absolute Gasteiger partial charge is 0.397 e. The second-order valence-electron chi connectivity index (χ2n) is 4.68. The van der Waals surface area contributed by atoms with Crippen LogP contribution in [-0.2, 0) is 5.75 Å². The average molecular weight is 278 g/mol. The first kappa shape index (κ1) is 12.3. The summed E-state index contributed by atoms with van der Waals surface area (Å²) in [6.45, 7) is 0. The number of hydrogen-bond donors (Lipinski definition) is 2. The van der Waals surface area contributed by atoms with Crippen LogP contribution in [0.2, 0.25) is 0 Å². The zero-order valence-electron chi connectivity index (χ0n) is 10.3. The van der Waals surface area contributed by atoms with Gasteiger partial charge < -0.3 is 14.9 Å². The van der Waals surface area contributed by atoms with Crippen LogP contribution in [0.15, 0.2) is 21.3 Å². The van der Waals surface area contributed by atoms with Crippen LogP contribution in [0.4, 0.5) is 5.69 Å². The van der Waals surface area contributed by atoms with Crippen LogP contribution >= 0.6 is 12.6 Å². The van der Waals surface area contributed by atoms with E-state index in [1.54, 1.807) is 12.1 Å². The highest BCUT2D eigenvalue weighted by Crippen LogP contribution is 2.26. The van der Waals surface area contributed by atoms with Gasteiger partial charge in [0, 0.05) is 11.4 Å². The normalized spacial score (nSPS) is 15.4. The van der Waals surface area contributed by atoms with Gasteiger partial charge >= 0.3 is 11.7 Å². The first-order valence-corrected chi connectivity index (χ1v) is 6.81. The lowest BCUT2D eigenvalue weighted by Gasteiger charge is -2.24. The standard InChI is InChI=1S/C13H14N2O3S/c14-9-4-7(6-19)5-10-11(9)12(16)18-13(15-10)17-8-2-1-3-8/h4-5,8,19H,1-3,6,14H2. The molecular weight excluding hydrogens is 264 g/mol. The number of nitrogens with zero attached hydrogens (tertiary/aromatic N) is 1. The summed E-state index contributed by atoms with van der Waals surface area (Å²) in [6, 6.07) is 3.49. The molecule has 0 saturated heterocycles. The maximum absolute atomic E-state index is 11.9. The summed E-state index contributed by atoms with van der Waals surface area (Å²) in [5.74, 6) is 0.529. The van der Waals surface area contributed by atoms with E-state index in [0.717, 1.165) is 24.8 Å². The third-order valence-corrected chi connectivity index (χ3v) is 3.67. The molecule has 100 valence electrons. The van der Waals surface area contributed by atoms with Gasteiger partial charge in [0.2, 0.25) is 0 Å². The molecule has 6 heteroatoms. The minimum atomic E-state index is -0.512. The molecule has 2 aromatic rings. The Morgan fingerprint density at radius 1 is 1.47 bits per heavy atom. The molecule has 0 spiro atoms. The minimum Gasteiger partial charge on any atom is -0.447 e. The van der Waals surface area contributed by atoms with Crippen molar-refractivity contribution in [2.45, 2.75) is 31.1 Å². The molecule has 0 unspecified atom stereocenters. The van der Waals surface area contributed by atoms with Crippen LogP contribution in [0.25, 0.3) is 10.9 Å². The van der Waals surface area contributed by atoms with E-state index in [0.29, 0.717) is 22.3 Å². The fraction of sp³-hybridized carbons (Fsp3) is 0.385. The van der Waals surface area contributed by atoms with Crippen LogP contribution in [0.5, 0.6) is 6.08 Å². The van der Waals surface area contributed by atoms with Gasteiger partial charge in [-0.2, -0.15) is 17.6 Å². The van der Waals surface area contributed by atoms with Gasteiger partial charge in [0.25, 0.3) is 0 Å². The second-order valence-corrected chi connectivity index (χ2v) is 4.99. The highest BCUT2D eigenvalue weighted by molar-refractivity contribution is 7.79. The molecule has 3 rings (SSSR count). The van der Waals surface area contributed by atoms with Gasteiger partial charge in [-0.3, -0.25) is 0 Å². The van der Waals surface area contributed by atoms with Crippen LogP contribution in [0.3, 0.4) is 0 Å². The number of hydrogen-bond acceptors (Lipinski definition) is 6. The van der Waals surface area contributed by atoms with E-state index in [-0.39, 0.29) is 12.2 Å². The van der Waals surface area contributed by atoms with Crippen LogP contribution in [-0.4, -0.2) is 11.1 Å². The average Bonchev–Trinajstić information content (AvgIpc) is 2.32. The van der Waals surface area contributed by atoms with Crippen molar-refractivity contribution in [2.75, 3.05) is 5.73 Å². The van der Waals surface area contributed by atoms with Crippen molar-refractivity contribution < 1.29 is 9.15 Å². The molecule has 19 heavy (non-hydrogen) atoms. The molecule has 0 atom stereocenters. The van der Waals surface area contributed by atoms with Crippen molar-refractivity contribution in [3.8, 4) is 6.08 Å². The molecule has 0 radical (unpaired) electrons. The van der Waals surface area contributed by atoms with Crippen molar-refractivity contribution in [2.24, 2.45) is 0 Å². The van der Waals surface area contributed by atoms with E-state index in [2.05, 4.69) is 17.6 Å². The van der Waals surface area contributed by atoms with Gasteiger partial charge in [0.05, 0.1) is 5.52 Å². The van der Waals surface area contributed by atoms with Crippen molar-refractivity contribution in [3.63, 3.8) is 0 Å². The van der Waals surface area contributed by atoms with Gasteiger partial charge in [-0.1, -0.05) is 0 Å². The number of nitrogens with two attached hydrogens (primary N) is 1. The predicted molar refractivity (Wildman–Crippen MR) is 75.6 cm³/mol. The van der Waals surface area contributed by atoms with E-state index >= 15 is 0 Å². The second kappa shape index (κ2) is 4.77. The predicted octanol–water partition coefficient (Wildman–Crippen LogP) is 2.13. The van der Waals surface area contributed by atoms with Crippen LogP contribution < -0.4 is 16.1 Å². The first-order chi connectivity index (χ1) is 9.17. The van der Waals surface area contributed by atoms with Crippen LogP contribution in [0, 0.1) is 0 Å². The van der Waals surface area contributed by atoms with Crippen molar-refractivity contribution in [3.05, 3.63) is 28.1 Å². The van der Waals surface area contributed by atoms with Gasteiger partial charge in [-0.25, -0.2) is 4.79 Å². The molecule has 1 heterocycles. The summed E-state index contributed by atoms with van der Waals surface area (Å²) in [6.07, 6.45) is 3.22. The molecule has 1 aliphatic rings. The zero-order valence-corrected chi connectivity index (χ0v) is 11.2. The number of nitrogen functional groups attached to an aromatic ring is 1. The molecule has 0 aliphatic heterocycles. The quantitative estimate of drug-likeness (QED) is 0.664. The summed E-state index contributed by atoms with van der Waals surface area (Å²) in [5, 5.41) is 0.298. The summed E-state index contributed by atoms with van der Waals surface area (Å²) < 4.78 is 10.6. The zero-order chi connectivity index (χ0) is 13.4. The number of benzene rings is 1. The highest BCUT2D eigenvalue weighted by atomic mass is 32.1. The lowest BCUT2D eigenvalue weighted by atomic mass is 9.96. The monoisotopic (exact) mass is 278 g/mol. The maximum Gasteiger partial charge on any atom is 0.397 e. The van der Waals surface area contributed by atoms with Crippen molar-refractivity contribution in [1.29, 1.82) is 0 Å².